The number of carbonyl (C=O) groups excluding carboxylic acids is 1. The van der Waals surface area contributed by atoms with Crippen molar-refractivity contribution < 1.29 is 9.53 Å². The molecule has 1 aromatic heterocycles. The van der Waals surface area contributed by atoms with E-state index in [1.165, 1.54) is 17.5 Å². The highest BCUT2D eigenvalue weighted by molar-refractivity contribution is 6.05. The van der Waals surface area contributed by atoms with Crippen LogP contribution in [0.4, 0.5) is 0 Å². The van der Waals surface area contributed by atoms with E-state index in [9.17, 15) is 4.79 Å². The van der Waals surface area contributed by atoms with Gasteiger partial charge in [-0.2, -0.15) is 5.10 Å². The first kappa shape index (κ1) is 17.7. The van der Waals surface area contributed by atoms with Gasteiger partial charge in [-0.25, -0.2) is 0 Å². The van der Waals surface area contributed by atoms with Gasteiger partial charge in [0.1, 0.15) is 5.75 Å². The van der Waals surface area contributed by atoms with E-state index in [2.05, 4.69) is 36.3 Å². The van der Waals surface area contributed by atoms with Gasteiger partial charge in [0.2, 0.25) is 0 Å². The van der Waals surface area contributed by atoms with Gasteiger partial charge in [0.25, 0.3) is 0 Å². The van der Waals surface area contributed by atoms with Crippen LogP contribution in [0.3, 0.4) is 0 Å². The molecule has 0 saturated heterocycles. The lowest BCUT2D eigenvalue weighted by molar-refractivity contribution is -0.127. The number of aromatic nitrogens is 2. The summed E-state index contributed by atoms with van der Waals surface area (Å²) in [6, 6.07) is 6.59. The fraction of sp³-hybridized carbons (Fsp3) is 0.500. The Balaban J connectivity index is 1.48. The summed E-state index contributed by atoms with van der Waals surface area (Å²) < 4.78 is 7.22. The van der Waals surface area contributed by atoms with Gasteiger partial charge in [0.05, 0.1) is 13.3 Å². The second-order valence-electron chi connectivity index (χ2n) is 9.09. The summed E-state index contributed by atoms with van der Waals surface area (Å²) in [5, 5.41) is 4.25. The second kappa shape index (κ2) is 6.33. The third-order valence-electron chi connectivity index (χ3n) is 7.64. The van der Waals surface area contributed by atoms with Crippen LogP contribution in [0.1, 0.15) is 55.2 Å². The highest BCUT2D eigenvalue weighted by Gasteiger charge is 2.56. The zero-order valence-electron chi connectivity index (χ0n) is 16.9. The standard InChI is InChI=1S/C24H28N2O2/c1-24-9-8-20-19-7-5-18(28-3)11-16(19)4-6-21(20)22(24)12-17(23(24)27)10-15-13-25-26(2)14-15/h5,7,10-11,13-14,20-22H,4,6,8-9,12H2,1-3H3/b17-10+/t20-,21-,22+,24+/m1/s1. The average molecular weight is 377 g/mol. The van der Waals surface area contributed by atoms with Crippen molar-refractivity contribution in [1.29, 1.82) is 0 Å². The molecule has 0 bridgehead atoms. The van der Waals surface area contributed by atoms with Gasteiger partial charge in [0.15, 0.2) is 5.78 Å². The molecule has 0 N–H and O–H groups in total. The number of rotatable bonds is 2. The van der Waals surface area contributed by atoms with E-state index in [0.29, 0.717) is 23.5 Å². The van der Waals surface area contributed by atoms with Crippen LogP contribution < -0.4 is 4.74 Å². The normalized spacial score (nSPS) is 32.8. The largest absolute Gasteiger partial charge is 0.497 e. The highest BCUT2D eigenvalue weighted by atomic mass is 16.5. The minimum atomic E-state index is -0.195. The minimum Gasteiger partial charge on any atom is -0.497 e. The summed E-state index contributed by atoms with van der Waals surface area (Å²) in [5.41, 5.74) is 4.78. The van der Waals surface area contributed by atoms with Crippen LogP contribution in [0.15, 0.2) is 36.2 Å². The number of ketones is 1. The predicted octanol–water partition coefficient (Wildman–Crippen LogP) is 4.55. The molecule has 5 rings (SSSR count). The van der Waals surface area contributed by atoms with Gasteiger partial charge in [-0.15, -0.1) is 0 Å². The van der Waals surface area contributed by atoms with Crippen molar-refractivity contribution in [2.75, 3.05) is 7.11 Å². The van der Waals surface area contributed by atoms with Crippen molar-refractivity contribution in [3.8, 4) is 5.75 Å². The SMILES string of the molecule is COc1ccc2c(c1)CC[C@@H]1[C@@H]2CC[C@]2(C)C(=O)/C(=C/c3cnn(C)c3)C[C@@H]12. The lowest BCUT2D eigenvalue weighted by atomic mass is 9.55. The zero-order valence-corrected chi connectivity index (χ0v) is 16.9. The van der Waals surface area contributed by atoms with Crippen molar-refractivity contribution in [3.05, 3.63) is 52.9 Å². The fourth-order valence-corrected chi connectivity index (χ4v) is 6.20. The molecule has 1 heterocycles. The molecule has 2 fully saturated rings. The number of nitrogens with zero attached hydrogens (tertiary/aromatic N) is 2. The van der Waals surface area contributed by atoms with Crippen molar-refractivity contribution in [2.45, 2.75) is 44.9 Å². The molecular weight excluding hydrogens is 348 g/mol. The maximum Gasteiger partial charge on any atom is 0.165 e. The molecule has 2 saturated carbocycles. The van der Waals surface area contributed by atoms with Gasteiger partial charge in [-0.3, -0.25) is 9.48 Å². The van der Waals surface area contributed by atoms with Crippen molar-refractivity contribution >= 4 is 11.9 Å². The Kier molecular flexibility index (Phi) is 4.01. The summed E-state index contributed by atoms with van der Waals surface area (Å²) in [4.78, 5) is 13.4. The lowest BCUT2D eigenvalue weighted by Gasteiger charge is -2.48. The third kappa shape index (κ3) is 2.57. The number of ether oxygens (including phenoxy) is 1. The molecule has 1 aromatic carbocycles. The monoisotopic (exact) mass is 376 g/mol. The van der Waals surface area contributed by atoms with Crippen LogP contribution in [0, 0.1) is 17.3 Å². The molecule has 0 amide bonds. The molecule has 2 aromatic rings. The molecular formula is C24H28N2O2. The van der Waals surface area contributed by atoms with Gasteiger partial charge in [-0.05, 0) is 84.8 Å². The molecule has 4 atom stereocenters. The van der Waals surface area contributed by atoms with Crippen LogP contribution in [-0.2, 0) is 18.3 Å². The molecule has 4 heteroatoms. The topological polar surface area (TPSA) is 44.1 Å². The third-order valence-corrected chi connectivity index (χ3v) is 7.64. The van der Waals surface area contributed by atoms with Crippen LogP contribution >= 0.6 is 0 Å². The second-order valence-corrected chi connectivity index (χ2v) is 9.09. The van der Waals surface area contributed by atoms with Crippen LogP contribution in [0.25, 0.3) is 6.08 Å². The Morgan fingerprint density at radius 1 is 1.32 bits per heavy atom. The molecule has 0 radical (unpaired) electrons. The van der Waals surface area contributed by atoms with E-state index >= 15 is 0 Å². The maximum atomic E-state index is 13.4. The van der Waals surface area contributed by atoms with Crippen LogP contribution in [-0.4, -0.2) is 22.7 Å². The Bertz CT molecular complexity index is 973. The molecule has 28 heavy (non-hydrogen) atoms. The number of hydrogen-bond acceptors (Lipinski definition) is 3. The van der Waals surface area contributed by atoms with Crippen LogP contribution in [0.2, 0.25) is 0 Å². The molecule has 0 aliphatic heterocycles. The first-order valence-electron chi connectivity index (χ1n) is 10.4. The lowest BCUT2D eigenvalue weighted by Crippen LogP contribution is -2.42. The summed E-state index contributed by atoms with van der Waals surface area (Å²) in [7, 11) is 3.65. The quantitative estimate of drug-likeness (QED) is 0.723. The van der Waals surface area contributed by atoms with E-state index in [1.807, 2.05) is 19.4 Å². The Hall–Kier alpha value is -2.36. The molecule has 146 valence electrons. The van der Waals surface area contributed by atoms with E-state index in [-0.39, 0.29) is 5.41 Å². The first-order chi connectivity index (χ1) is 13.5. The number of methoxy groups -OCH3 is 1. The Morgan fingerprint density at radius 2 is 2.18 bits per heavy atom. The van der Waals surface area contributed by atoms with Gasteiger partial charge in [-0.1, -0.05) is 13.0 Å². The first-order valence-corrected chi connectivity index (χ1v) is 10.4. The van der Waals surface area contributed by atoms with E-state index < -0.39 is 0 Å². The summed E-state index contributed by atoms with van der Waals surface area (Å²) >= 11 is 0. The number of fused-ring (bicyclic) bond motifs is 5. The Labute approximate surface area is 166 Å². The smallest absolute Gasteiger partial charge is 0.165 e. The molecule has 0 spiro atoms. The number of aryl methyl sites for hydroxylation is 2. The summed E-state index contributed by atoms with van der Waals surface area (Å²) in [6.07, 6.45) is 11.2. The van der Waals surface area contributed by atoms with Gasteiger partial charge >= 0.3 is 0 Å². The number of allylic oxidation sites excluding steroid dienone is 1. The minimum absolute atomic E-state index is 0.195. The molecule has 0 unspecified atom stereocenters. The molecule has 4 nitrogen and oxygen atoms in total. The number of hydrogen-bond donors (Lipinski definition) is 0. The maximum absolute atomic E-state index is 13.4. The van der Waals surface area contributed by atoms with E-state index in [4.69, 9.17) is 4.74 Å². The van der Waals surface area contributed by atoms with Crippen molar-refractivity contribution in [2.24, 2.45) is 24.3 Å². The summed E-state index contributed by atoms with van der Waals surface area (Å²) in [6.45, 7) is 2.23. The molecule has 3 aliphatic rings. The van der Waals surface area contributed by atoms with Gasteiger partial charge < -0.3 is 4.74 Å². The predicted molar refractivity (Wildman–Crippen MR) is 109 cm³/mol. The summed E-state index contributed by atoms with van der Waals surface area (Å²) in [5.74, 6) is 2.97. The van der Waals surface area contributed by atoms with Gasteiger partial charge in [0, 0.05) is 24.2 Å². The van der Waals surface area contributed by atoms with E-state index in [1.54, 1.807) is 11.8 Å². The number of Topliss-reactive ketones (excluding diaryl/α,β-unsaturated/α-hetero) is 1. The van der Waals surface area contributed by atoms with E-state index in [0.717, 1.165) is 42.6 Å². The highest BCUT2D eigenvalue weighted by Crippen LogP contribution is 2.60. The Morgan fingerprint density at radius 3 is 2.93 bits per heavy atom. The number of benzene rings is 1. The molecule has 3 aliphatic carbocycles. The fourth-order valence-electron chi connectivity index (χ4n) is 6.20. The average Bonchev–Trinajstić information content (AvgIpc) is 3.22. The van der Waals surface area contributed by atoms with Crippen LogP contribution in [0.5, 0.6) is 5.75 Å². The van der Waals surface area contributed by atoms with Crippen molar-refractivity contribution in [1.82, 2.24) is 9.78 Å². The number of carbonyl (C=O) groups is 1. The van der Waals surface area contributed by atoms with Crippen molar-refractivity contribution in [3.63, 3.8) is 0 Å². The zero-order chi connectivity index (χ0) is 19.5.